The Kier molecular flexibility index (Phi) is 6.33. The van der Waals surface area contributed by atoms with E-state index < -0.39 is 23.7 Å². The third-order valence-electron chi connectivity index (χ3n) is 6.46. The van der Waals surface area contributed by atoms with E-state index in [0.717, 1.165) is 10.9 Å². The maximum Gasteiger partial charge on any atom is 0.410 e. The van der Waals surface area contributed by atoms with E-state index in [1.807, 2.05) is 30.3 Å². The van der Waals surface area contributed by atoms with E-state index in [9.17, 15) is 14.4 Å². The second kappa shape index (κ2) is 9.73. The van der Waals surface area contributed by atoms with Crippen LogP contribution in [-0.2, 0) is 16.1 Å². The summed E-state index contributed by atoms with van der Waals surface area (Å²) in [6, 6.07) is 17.2. The minimum Gasteiger partial charge on any atom is -0.497 e. The van der Waals surface area contributed by atoms with Crippen LogP contribution in [0.15, 0.2) is 69.9 Å². The van der Waals surface area contributed by atoms with Crippen LogP contribution in [0.25, 0.3) is 21.7 Å². The van der Waals surface area contributed by atoms with Crippen LogP contribution in [-0.4, -0.2) is 36.7 Å². The molecule has 3 aromatic carbocycles. The molecule has 1 fully saturated rings. The zero-order chi connectivity index (χ0) is 25.2. The van der Waals surface area contributed by atoms with Gasteiger partial charge < -0.3 is 18.6 Å². The number of benzene rings is 3. The highest BCUT2D eigenvalue weighted by Gasteiger charge is 2.37. The molecule has 184 valence electrons. The van der Waals surface area contributed by atoms with E-state index in [-0.39, 0.29) is 12.4 Å². The fraction of sp³-hybridized carbons (Fsp3) is 0.250. The Morgan fingerprint density at radius 3 is 2.58 bits per heavy atom. The molecule has 0 spiro atoms. The van der Waals surface area contributed by atoms with E-state index in [4.69, 9.17) is 18.6 Å². The molecule has 0 radical (unpaired) electrons. The number of rotatable bonds is 5. The monoisotopic (exact) mass is 487 g/mol. The molecule has 1 aliphatic rings. The number of aryl methyl sites for hydroxylation is 1. The minimum absolute atomic E-state index is 0.126. The summed E-state index contributed by atoms with van der Waals surface area (Å²) in [6.45, 7) is 2.26. The lowest BCUT2D eigenvalue weighted by Gasteiger charge is -2.23. The number of ether oxygens (including phenoxy) is 3. The summed E-state index contributed by atoms with van der Waals surface area (Å²) in [5, 5.41) is 1.84. The lowest BCUT2D eigenvalue weighted by atomic mass is 10.0. The number of methoxy groups -OCH3 is 1. The molecule has 5 rings (SSSR count). The second-order valence-electron chi connectivity index (χ2n) is 8.68. The van der Waals surface area contributed by atoms with Crippen LogP contribution in [0.5, 0.6) is 11.5 Å². The van der Waals surface area contributed by atoms with Crippen LogP contribution < -0.4 is 15.1 Å². The van der Waals surface area contributed by atoms with Crippen molar-refractivity contribution >= 4 is 33.8 Å². The van der Waals surface area contributed by atoms with Gasteiger partial charge >= 0.3 is 17.7 Å². The van der Waals surface area contributed by atoms with E-state index >= 15 is 0 Å². The highest BCUT2D eigenvalue weighted by atomic mass is 16.6. The average molecular weight is 488 g/mol. The number of hydrogen-bond donors (Lipinski definition) is 0. The summed E-state index contributed by atoms with van der Waals surface area (Å²) in [4.78, 5) is 39.8. The van der Waals surface area contributed by atoms with Gasteiger partial charge in [-0.15, -0.1) is 0 Å². The van der Waals surface area contributed by atoms with Crippen molar-refractivity contribution in [1.82, 2.24) is 4.90 Å². The molecule has 0 bridgehead atoms. The fourth-order valence-electron chi connectivity index (χ4n) is 4.54. The molecule has 8 nitrogen and oxygen atoms in total. The summed E-state index contributed by atoms with van der Waals surface area (Å²) < 4.78 is 21.9. The van der Waals surface area contributed by atoms with Gasteiger partial charge in [0.15, 0.2) is 0 Å². The van der Waals surface area contributed by atoms with Crippen molar-refractivity contribution in [2.45, 2.75) is 32.4 Å². The first kappa shape index (κ1) is 23.4. The summed E-state index contributed by atoms with van der Waals surface area (Å²) in [7, 11) is 1.53. The largest absolute Gasteiger partial charge is 0.497 e. The summed E-state index contributed by atoms with van der Waals surface area (Å²) in [5.74, 6) is 0.271. The molecule has 1 amide bonds. The van der Waals surface area contributed by atoms with Gasteiger partial charge in [0.25, 0.3) is 0 Å². The van der Waals surface area contributed by atoms with Gasteiger partial charge in [0.2, 0.25) is 0 Å². The second-order valence-corrected chi connectivity index (χ2v) is 8.68. The molecular weight excluding hydrogens is 462 g/mol. The Bertz CT molecular complexity index is 1510. The van der Waals surface area contributed by atoms with Crippen LogP contribution in [0.1, 0.15) is 24.0 Å². The maximum absolute atomic E-state index is 13.1. The maximum atomic E-state index is 13.1. The third-order valence-corrected chi connectivity index (χ3v) is 6.46. The molecule has 8 heteroatoms. The van der Waals surface area contributed by atoms with Crippen LogP contribution in [0, 0.1) is 6.92 Å². The highest BCUT2D eigenvalue weighted by Crippen LogP contribution is 2.33. The molecule has 36 heavy (non-hydrogen) atoms. The first-order valence-electron chi connectivity index (χ1n) is 11.7. The first-order valence-corrected chi connectivity index (χ1v) is 11.7. The first-order chi connectivity index (χ1) is 17.5. The third kappa shape index (κ3) is 4.37. The lowest BCUT2D eigenvalue weighted by molar-refractivity contribution is -0.139. The average Bonchev–Trinajstić information content (AvgIpc) is 3.40. The predicted molar refractivity (Wildman–Crippen MR) is 133 cm³/mol. The lowest BCUT2D eigenvalue weighted by Crippen LogP contribution is -2.42. The number of carbonyl (C=O) groups excluding carboxylic acids is 2. The summed E-state index contributed by atoms with van der Waals surface area (Å²) in [5.41, 5.74) is 1.22. The standard InChI is InChI=1S/C28H25NO7/c1-17-24(13-12-21-20-11-10-19(33-2)15-22(20)26(30)36-25(17)21)35-27(31)23-9-6-14-29(23)28(32)34-16-18-7-4-3-5-8-18/h3-5,7-8,10-13,15,23H,6,9,14,16H2,1-2H3. The van der Waals surface area contributed by atoms with Gasteiger partial charge in [0.1, 0.15) is 29.7 Å². The molecule has 4 aromatic rings. The van der Waals surface area contributed by atoms with Crippen molar-refractivity contribution in [1.29, 1.82) is 0 Å². The van der Waals surface area contributed by atoms with Gasteiger partial charge in [-0.1, -0.05) is 30.3 Å². The van der Waals surface area contributed by atoms with Gasteiger partial charge in [0.05, 0.1) is 12.5 Å². The molecular formula is C28H25NO7. The van der Waals surface area contributed by atoms with Crippen molar-refractivity contribution in [2.75, 3.05) is 13.7 Å². The van der Waals surface area contributed by atoms with Gasteiger partial charge in [-0.3, -0.25) is 4.90 Å². The number of hydrogen-bond acceptors (Lipinski definition) is 7. The smallest absolute Gasteiger partial charge is 0.410 e. The normalized spacial score (nSPS) is 15.3. The summed E-state index contributed by atoms with van der Waals surface area (Å²) >= 11 is 0. The van der Waals surface area contributed by atoms with Crippen molar-refractivity contribution in [3.63, 3.8) is 0 Å². The number of carbonyl (C=O) groups is 2. The number of amides is 1. The number of nitrogens with zero attached hydrogens (tertiary/aromatic N) is 1. The zero-order valence-electron chi connectivity index (χ0n) is 20.0. The molecule has 1 saturated heterocycles. The van der Waals surface area contributed by atoms with Crippen LogP contribution >= 0.6 is 0 Å². The SMILES string of the molecule is COc1ccc2c(c1)c(=O)oc1c(C)c(OC(=O)C3CCCN3C(=O)OCc3ccccc3)ccc12. The van der Waals surface area contributed by atoms with Gasteiger partial charge in [-0.25, -0.2) is 14.4 Å². The zero-order valence-corrected chi connectivity index (χ0v) is 20.0. The molecule has 0 saturated carbocycles. The molecule has 2 heterocycles. The number of likely N-dealkylation sites (tertiary alicyclic amines) is 1. The van der Waals surface area contributed by atoms with Gasteiger partial charge in [-0.2, -0.15) is 0 Å². The Labute approximate surface area is 207 Å². The van der Waals surface area contributed by atoms with Crippen LogP contribution in [0.2, 0.25) is 0 Å². The molecule has 1 aliphatic heterocycles. The fourth-order valence-corrected chi connectivity index (χ4v) is 4.54. The van der Waals surface area contributed by atoms with Crippen LogP contribution in [0.3, 0.4) is 0 Å². The number of fused-ring (bicyclic) bond motifs is 3. The Hall–Kier alpha value is -4.33. The van der Waals surface area contributed by atoms with E-state index in [1.165, 1.54) is 12.0 Å². The summed E-state index contributed by atoms with van der Waals surface area (Å²) in [6.07, 6.45) is 0.593. The van der Waals surface area contributed by atoms with Gasteiger partial charge in [-0.05, 0) is 55.7 Å². The van der Waals surface area contributed by atoms with E-state index in [2.05, 4.69) is 0 Å². The quantitative estimate of drug-likeness (QED) is 0.170. The number of esters is 1. The Balaban J connectivity index is 1.36. The van der Waals surface area contributed by atoms with Crippen molar-refractivity contribution in [3.8, 4) is 11.5 Å². The van der Waals surface area contributed by atoms with Crippen molar-refractivity contribution < 1.29 is 28.2 Å². The predicted octanol–water partition coefficient (Wildman–Crippen LogP) is 4.97. The van der Waals surface area contributed by atoms with Crippen molar-refractivity contribution in [3.05, 3.63) is 82.2 Å². The van der Waals surface area contributed by atoms with Crippen LogP contribution in [0.4, 0.5) is 4.79 Å². The molecule has 0 N–H and O–H groups in total. The highest BCUT2D eigenvalue weighted by molar-refractivity contribution is 6.06. The topological polar surface area (TPSA) is 95.3 Å². The van der Waals surface area contributed by atoms with E-state index in [0.29, 0.717) is 47.1 Å². The Morgan fingerprint density at radius 1 is 1.03 bits per heavy atom. The van der Waals surface area contributed by atoms with Gasteiger partial charge in [0, 0.05) is 22.9 Å². The molecule has 1 atom stereocenters. The van der Waals surface area contributed by atoms with E-state index in [1.54, 1.807) is 37.3 Å². The molecule has 1 aromatic heterocycles. The molecule has 0 aliphatic carbocycles. The minimum atomic E-state index is -0.751. The Morgan fingerprint density at radius 2 is 1.81 bits per heavy atom. The van der Waals surface area contributed by atoms with Crippen molar-refractivity contribution in [2.24, 2.45) is 0 Å². The molecule has 1 unspecified atom stereocenters.